The zero-order valence-electron chi connectivity index (χ0n) is 9.58. The van der Waals surface area contributed by atoms with Crippen LogP contribution in [0.3, 0.4) is 0 Å². The van der Waals surface area contributed by atoms with E-state index in [-0.39, 0.29) is 11.6 Å². The van der Waals surface area contributed by atoms with Gasteiger partial charge in [0.2, 0.25) is 0 Å². The molecule has 1 N–H and O–H groups in total. The van der Waals surface area contributed by atoms with Crippen LogP contribution in [0.15, 0.2) is 36.7 Å². The summed E-state index contributed by atoms with van der Waals surface area (Å²) >= 11 is 2.10. The topological polar surface area (TPSA) is 42.0 Å². The van der Waals surface area contributed by atoms with Gasteiger partial charge in [-0.3, -0.25) is 9.78 Å². The maximum Gasteiger partial charge on any atom is 0.256 e. The van der Waals surface area contributed by atoms with E-state index in [0.717, 1.165) is 15.3 Å². The summed E-state index contributed by atoms with van der Waals surface area (Å²) in [6, 6.07) is 6.86. The lowest BCUT2D eigenvalue weighted by Crippen LogP contribution is -2.15. The fourth-order valence-electron chi connectivity index (χ4n) is 1.49. The van der Waals surface area contributed by atoms with Gasteiger partial charge in [-0.2, -0.15) is 0 Å². The first-order valence-corrected chi connectivity index (χ1v) is 6.33. The summed E-state index contributed by atoms with van der Waals surface area (Å²) in [5, 5.41) is 2.54. The van der Waals surface area contributed by atoms with Gasteiger partial charge in [0.1, 0.15) is 0 Å². The summed E-state index contributed by atoms with van der Waals surface area (Å²) in [7, 11) is 0. The number of carbonyl (C=O) groups is 1. The molecule has 1 aromatic carbocycles. The first kappa shape index (κ1) is 12.9. The van der Waals surface area contributed by atoms with Gasteiger partial charge >= 0.3 is 0 Å². The van der Waals surface area contributed by atoms with E-state index < -0.39 is 5.82 Å². The summed E-state index contributed by atoms with van der Waals surface area (Å²) in [6.45, 7) is 1.92. The van der Waals surface area contributed by atoms with E-state index in [2.05, 4.69) is 32.9 Å². The number of carbonyl (C=O) groups excluding carboxylic acids is 1. The van der Waals surface area contributed by atoms with Gasteiger partial charge in [-0.05, 0) is 47.2 Å². The van der Waals surface area contributed by atoms with Crippen molar-refractivity contribution in [1.29, 1.82) is 0 Å². The van der Waals surface area contributed by atoms with Crippen LogP contribution in [0.4, 0.5) is 10.1 Å². The van der Waals surface area contributed by atoms with Gasteiger partial charge in [-0.15, -0.1) is 0 Å². The molecule has 1 aromatic heterocycles. The van der Waals surface area contributed by atoms with E-state index in [0.29, 0.717) is 5.56 Å². The van der Waals surface area contributed by atoms with Gasteiger partial charge in [0, 0.05) is 9.77 Å². The molecule has 0 fully saturated rings. The molecule has 0 unspecified atom stereocenters. The molecule has 18 heavy (non-hydrogen) atoms. The smallest absolute Gasteiger partial charge is 0.256 e. The average Bonchev–Trinajstić information content (AvgIpc) is 2.35. The van der Waals surface area contributed by atoms with Crippen molar-refractivity contribution in [2.75, 3.05) is 5.32 Å². The Morgan fingerprint density at radius 2 is 2.17 bits per heavy atom. The van der Waals surface area contributed by atoms with Gasteiger partial charge in [-0.1, -0.05) is 12.1 Å². The number of halogens is 2. The Bertz CT molecular complexity index is 601. The van der Waals surface area contributed by atoms with Crippen molar-refractivity contribution < 1.29 is 9.18 Å². The summed E-state index contributed by atoms with van der Waals surface area (Å²) < 4.78 is 14.2. The first-order valence-electron chi connectivity index (χ1n) is 5.25. The Labute approximate surface area is 118 Å². The number of rotatable bonds is 2. The number of nitrogens with one attached hydrogen (secondary N) is 1. The van der Waals surface area contributed by atoms with Crippen molar-refractivity contribution >= 4 is 34.2 Å². The maximum atomic E-state index is 13.4. The van der Waals surface area contributed by atoms with Crippen LogP contribution in [0.25, 0.3) is 0 Å². The van der Waals surface area contributed by atoms with Crippen molar-refractivity contribution in [2.45, 2.75) is 6.92 Å². The number of anilines is 1. The van der Waals surface area contributed by atoms with Gasteiger partial charge in [0.15, 0.2) is 5.82 Å². The monoisotopic (exact) mass is 356 g/mol. The number of pyridine rings is 1. The third-order valence-electron chi connectivity index (χ3n) is 2.46. The molecule has 0 saturated heterocycles. The number of hydrogen-bond donors (Lipinski definition) is 1. The van der Waals surface area contributed by atoms with E-state index in [4.69, 9.17) is 0 Å². The largest absolute Gasteiger partial charge is 0.319 e. The van der Waals surface area contributed by atoms with Crippen molar-refractivity contribution in [2.24, 2.45) is 0 Å². The minimum Gasteiger partial charge on any atom is -0.319 e. The van der Waals surface area contributed by atoms with Crippen LogP contribution in [0, 0.1) is 16.3 Å². The lowest BCUT2D eigenvalue weighted by Gasteiger charge is -2.08. The zero-order valence-corrected chi connectivity index (χ0v) is 11.7. The van der Waals surface area contributed by atoms with E-state index in [9.17, 15) is 9.18 Å². The van der Waals surface area contributed by atoms with E-state index >= 15 is 0 Å². The summed E-state index contributed by atoms with van der Waals surface area (Å²) in [5.74, 6) is -0.873. The lowest BCUT2D eigenvalue weighted by atomic mass is 10.1. The molecule has 92 valence electrons. The lowest BCUT2D eigenvalue weighted by molar-refractivity contribution is 0.102. The molecule has 1 amide bonds. The minimum absolute atomic E-state index is 0.132. The molecule has 0 spiro atoms. The second kappa shape index (κ2) is 5.43. The van der Waals surface area contributed by atoms with Crippen LogP contribution in [-0.4, -0.2) is 10.9 Å². The molecule has 0 radical (unpaired) electrons. The number of amides is 1. The predicted octanol–water partition coefficient (Wildman–Crippen LogP) is 3.39. The number of aromatic nitrogens is 1. The van der Waals surface area contributed by atoms with E-state index in [1.165, 1.54) is 12.3 Å². The molecule has 0 aliphatic heterocycles. The van der Waals surface area contributed by atoms with Crippen LogP contribution < -0.4 is 5.32 Å². The highest BCUT2D eigenvalue weighted by molar-refractivity contribution is 14.1. The minimum atomic E-state index is -0.548. The van der Waals surface area contributed by atoms with Crippen LogP contribution in [0.1, 0.15) is 15.9 Å². The standard InChI is InChI=1S/C13H10FIN2O/c1-8-3-2-4-9(12(8)15)13(18)17-11-5-6-16-7-10(11)14/h2-7H,1H3,(H,16,17,18). The van der Waals surface area contributed by atoms with Crippen molar-refractivity contribution in [1.82, 2.24) is 4.98 Å². The van der Waals surface area contributed by atoms with Gasteiger partial charge in [0.05, 0.1) is 17.4 Å². The number of benzene rings is 1. The molecule has 0 atom stereocenters. The highest BCUT2D eigenvalue weighted by Gasteiger charge is 2.13. The van der Waals surface area contributed by atoms with Crippen molar-refractivity contribution in [3.63, 3.8) is 0 Å². The molecule has 5 heteroatoms. The molecule has 0 saturated carbocycles. The molecule has 0 aliphatic carbocycles. The van der Waals surface area contributed by atoms with Gasteiger partial charge in [-0.25, -0.2) is 4.39 Å². The van der Waals surface area contributed by atoms with Gasteiger partial charge in [0.25, 0.3) is 5.91 Å². The third-order valence-corrected chi connectivity index (χ3v) is 3.89. The summed E-state index contributed by atoms with van der Waals surface area (Å²) in [4.78, 5) is 15.7. The quantitative estimate of drug-likeness (QED) is 0.839. The normalized spacial score (nSPS) is 10.2. The van der Waals surface area contributed by atoms with E-state index in [1.54, 1.807) is 12.1 Å². The average molecular weight is 356 g/mol. The zero-order chi connectivity index (χ0) is 13.1. The molecular weight excluding hydrogens is 346 g/mol. The van der Waals surface area contributed by atoms with Crippen LogP contribution in [0.2, 0.25) is 0 Å². The highest BCUT2D eigenvalue weighted by atomic mass is 127. The SMILES string of the molecule is Cc1cccc(C(=O)Nc2ccncc2F)c1I. The van der Waals surface area contributed by atoms with Crippen LogP contribution >= 0.6 is 22.6 Å². The fraction of sp³-hybridized carbons (Fsp3) is 0.0769. The number of aryl methyl sites for hydroxylation is 1. The number of hydrogen-bond acceptors (Lipinski definition) is 2. The van der Waals surface area contributed by atoms with Gasteiger partial charge < -0.3 is 5.32 Å². The first-order chi connectivity index (χ1) is 8.59. The predicted molar refractivity (Wildman–Crippen MR) is 76.0 cm³/mol. The second-order valence-corrected chi connectivity index (χ2v) is 4.82. The molecule has 2 aromatic rings. The van der Waals surface area contributed by atoms with E-state index in [1.807, 2.05) is 13.0 Å². The summed E-state index contributed by atoms with van der Waals surface area (Å²) in [5.41, 5.74) is 1.68. The Kier molecular flexibility index (Phi) is 3.90. The molecule has 0 bridgehead atoms. The Balaban J connectivity index is 2.28. The second-order valence-electron chi connectivity index (χ2n) is 3.75. The van der Waals surface area contributed by atoms with Crippen molar-refractivity contribution in [3.05, 3.63) is 57.2 Å². The Morgan fingerprint density at radius 1 is 1.39 bits per heavy atom. The molecule has 1 heterocycles. The Hall–Kier alpha value is -1.50. The Morgan fingerprint density at radius 3 is 2.89 bits per heavy atom. The van der Waals surface area contributed by atoms with Crippen LogP contribution in [0.5, 0.6) is 0 Å². The third kappa shape index (κ3) is 2.66. The fourth-order valence-corrected chi connectivity index (χ4v) is 2.09. The molecule has 3 nitrogen and oxygen atoms in total. The number of nitrogens with zero attached hydrogens (tertiary/aromatic N) is 1. The van der Waals surface area contributed by atoms with Crippen LogP contribution in [-0.2, 0) is 0 Å². The molecule has 0 aliphatic rings. The maximum absolute atomic E-state index is 13.4. The van der Waals surface area contributed by atoms with Crippen molar-refractivity contribution in [3.8, 4) is 0 Å². The molecule has 2 rings (SSSR count). The highest BCUT2D eigenvalue weighted by Crippen LogP contribution is 2.19. The summed E-state index contributed by atoms with van der Waals surface area (Å²) in [6.07, 6.45) is 2.50. The molecular formula is C13H10FIN2O.